The second-order valence-electron chi connectivity index (χ2n) is 7.62. The van der Waals surface area contributed by atoms with Crippen LogP contribution in [0.15, 0.2) is 65.6 Å². The molecule has 1 aliphatic rings. The zero-order chi connectivity index (χ0) is 20.3. The molecule has 0 spiro atoms. The van der Waals surface area contributed by atoms with Crippen LogP contribution in [0, 0.1) is 0 Å². The molecule has 0 N–H and O–H groups in total. The van der Waals surface area contributed by atoms with E-state index in [0.29, 0.717) is 12.1 Å². The van der Waals surface area contributed by atoms with Gasteiger partial charge in [0, 0.05) is 44.3 Å². The van der Waals surface area contributed by atoms with Crippen LogP contribution in [-0.2, 0) is 13.1 Å². The van der Waals surface area contributed by atoms with Gasteiger partial charge in [0.1, 0.15) is 0 Å². The van der Waals surface area contributed by atoms with Gasteiger partial charge in [0.2, 0.25) is 0 Å². The normalized spacial score (nSPS) is 15.0. The number of fused-ring (bicyclic) bond motifs is 1. The van der Waals surface area contributed by atoms with Crippen molar-refractivity contribution in [2.24, 2.45) is 0 Å². The fraction of sp³-hybridized carbons (Fsp3) is 0.261. The standard InChI is InChI=1S/C23H23N5OS/c29-23(27-9-7-26(8-10-27)15-19-6-11-30-17-19)21-12-20-14-25-28(22(20)24-13-21)16-18-4-2-1-3-5-18/h1-6,11-14,17H,7-10,15-16H2. The van der Waals surface area contributed by atoms with Gasteiger partial charge in [-0.2, -0.15) is 16.4 Å². The highest BCUT2D eigenvalue weighted by molar-refractivity contribution is 7.07. The summed E-state index contributed by atoms with van der Waals surface area (Å²) in [4.78, 5) is 21.9. The molecule has 0 radical (unpaired) electrons. The van der Waals surface area contributed by atoms with E-state index in [1.54, 1.807) is 23.7 Å². The van der Waals surface area contributed by atoms with Crippen LogP contribution in [0.2, 0.25) is 0 Å². The number of aromatic nitrogens is 3. The Hall–Kier alpha value is -3.03. The van der Waals surface area contributed by atoms with Crippen LogP contribution in [0.3, 0.4) is 0 Å². The number of nitrogens with zero attached hydrogens (tertiary/aromatic N) is 5. The van der Waals surface area contributed by atoms with Crippen molar-refractivity contribution in [2.75, 3.05) is 26.2 Å². The average Bonchev–Trinajstić information content (AvgIpc) is 3.44. The molecule has 0 bridgehead atoms. The topological polar surface area (TPSA) is 54.3 Å². The molecule has 7 heteroatoms. The molecule has 0 saturated carbocycles. The molecule has 0 aliphatic carbocycles. The first-order valence-electron chi connectivity index (χ1n) is 10.1. The van der Waals surface area contributed by atoms with Gasteiger partial charge in [-0.1, -0.05) is 30.3 Å². The smallest absolute Gasteiger partial charge is 0.255 e. The fourth-order valence-electron chi connectivity index (χ4n) is 3.89. The molecular formula is C23H23N5OS. The van der Waals surface area contributed by atoms with Crippen molar-refractivity contribution in [2.45, 2.75) is 13.1 Å². The lowest BCUT2D eigenvalue weighted by Crippen LogP contribution is -2.48. The van der Waals surface area contributed by atoms with Crippen molar-refractivity contribution in [3.8, 4) is 0 Å². The zero-order valence-corrected chi connectivity index (χ0v) is 17.5. The van der Waals surface area contributed by atoms with Crippen molar-refractivity contribution in [3.05, 3.63) is 82.3 Å². The van der Waals surface area contributed by atoms with Crippen LogP contribution in [0.5, 0.6) is 0 Å². The van der Waals surface area contributed by atoms with Crippen molar-refractivity contribution in [1.29, 1.82) is 0 Å². The van der Waals surface area contributed by atoms with Crippen LogP contribution in [0.1, 0.15) is 21.5 Å². The summed E-state index contributed by atoms with van der Waals surface area (Å²) in [7, 11) is 0. The van der Waals surface area contributed by atoms with Crippen molar-refractivity contribution in [3.63, 3.8) is 0 Å². The number of rotatable bonds is 5. The van der Waals surface area contributed by atoms with E-state index in [9.17, 15) is 4.79 Å². The van der Waals surface area contributed by atoms with E-state index in [2.05, 4.69) is 43.9 Å². The van der Waals surface area contributed by atoms with Gasteiger partial charge in [-0.25, -0.2) is 9.67 Å². The first-order valence-corrected chi connectivity index (χ1v) is 11.1. The summed E-state index contributed by atoms with van der Waals surface area (Å²) in [5.41, 5.74) is 3.95. The number of pyridine rings is 1. The Bertz CT molecular complexity index is 1130. The Kier molecular flexibility index (Phi) is 5.29. The first kappa shape index (κ1) is 19.0. The Morgan fingerprint density at radius 2 is 1.80 bits per heavy atom. The summed E-state index contributed by atoms with van der Waals surface area (Å²) in [5, 5.41) is 9.67. The molecule has 1 saturated heterocycles. The molecule has 4 heterocycles. The highest BCUT2D eigenvalue weighted by atomic mass is 32.1. The minimum absolute atomic E-state index is 0.0513. The number of benzene rings is 1. The number of thiophene rings is 1. The van der Waals surface area contributed by atoms with E-state index in [0.717, 1.165) is 43.8 Å². The minimum atomic E-state index is 0.0513. The van der Waals surface area contributed by atoms with E-state index in [1.807, 2.05) is 33.8 Å². The summed E-state index contributed by atoms with van der Waals surface area (Å²) in [6, 6.07) is 14.3. The molecule has 5 rings (SSSR count). The predicted molar refractivity (Wildman–Crippen MR) is 119 cm³/mol. The molecule has 1 aromatic carbocycles. The van der Waals surface area contributed by atoms with E-state index in [4.69, 9.17) is 0 Å². The van der Waals surface area contributed by atoms with Gasteiger partial charge in [-0.15, -0.1) is 0 Å². The SMILES string of the molecule is O=C(c1cnc2c(cnn2Cc2ccccc2)c1)N1CCN(Cc2ccsc2)CC1. The van der Waals surface area contributed by atoms with Crippen molar-refractivity contribution in [1.82, 2.24) is 24.6 Å². The summed E-state index contributed by atoms with van der Waals surface area (Å²) >= 11 is 1.73. The molecule has 1 aliphatic heterocycles. The van der Waals surface area contributed by atoms with Gasteiger partial charge < -0.3 is 4.90 Å². The largest absolute Gasteiger partial charge is 0.336 e. The van der Waals surface area contributed by atoms with Crippen LogP contribution in [0.4, 0.5) is 0 Å². The maximum absolute atomic E-state index is 13.0. The highest BCUT2D eigenvalue weighted by Crippen LogP contribution is 2.17. The van der Waals surface area contributed by atoms with Crippen LogP contribution >= 0.6 is 11.3 Å². The summed E-state index contributed by atoms with van der Waals surface area (Å²) in [6.45, 7) is 4.90. The van der Waals surface area contributed by atoms with Crippen molar-refractivity contribution >= 4 is 28.3 Å². The molecule has 1 fully saturated rings. The van der Waals surface area contributed by atoms with Gasteiger partial charge in [-0.05, 0) is 34.0 Å². The molecule has 152 valence electrons. The molecule has 0 unspecified atom stereocenters. The Balaban J connectivity index is 1.25. The second-order valence-corrected chi connectivity index (χ2v) is 8.40. The van der Waals surface area contributed by atoms with E-state index >= 15 is 0 Å². The van der Waals surface area contributed by atoms with Crippen LogP contribution < -0.4 is 0 Å². The second kappa shape index (κ2) is 8.38. The zero-order valence-electron chi connectivity index (χ0n) is 16.6. The Labute approximate surface area is 179 Å². The summed E-state index contributed by atoms with van der Waals surface area (Å²) < 4.78 is 1.88. The number of hydrogen-bond donors (Lipinski definition) is 0. The fourth-order valence-corrected chi connectivity index (χ4v) is 4.55. The molecule has 30 heavy (non-hydrogen) atoms. The quantitative estimate of drug-likeness (QED) is 0.499. The molecule has 4 aromatic rings. The Morgan fingerprint density at radius 3 is 2.57 bits per heavy atom. The molecule has 6 nitrogen and oxygen atoms in total. The summed E-state index contributed by atoms with van der Waals surface area (Å²) in [6.07, 6.45) is 3.48. The van der Waals surface area contributed by atoms with Gasteiger partial charge in [-0.3, -0.25) is 9.69 Å². The lowest BCUT2D eigenvalue weighted by molar-refractivity contribution is 0.0628. The van der Waals surface area contributed by atoms with Crippen LogP contribution in [0.25, 0.3) is 11.0 Å². The Morgan fingerprint density at radius 1 is 0.967 bits per heavy atom. The number of carbonyl (C=O) groups is 1. The average molecular weight is 418 g/mol. The summed E-state index contributed by atoms with van der Waals surface area (Å²) in [5.74, 6) is 0.0513. The molecule has 0 atom stereocenters. The van der Waals surface area contributed by atoms with Gasteiger partial charge >= 0.3 is 0 Å². The third-order valence-electron chi connectivity index (χ3n) is 5.54. The number of carbonyl (C=O) groups excluding carboxylic acids is 1. The van der Waals surface area contributed by atoms with Crippen LogP contribution in [-0.4, -0.2) is 56.7 Å². The highest BCUT2D eigenvalue weighted by Gasteiger charge is 2.23. The molecule has 1 amide bonds. The van der Waals surface area contributed by atoms with Gasteiger partial charge in [0.15, 0.2) is 5.65 Å². The maximum atomic E-state index is 13.0. The van der Waals surface area contributed by atoms with E-state index < -0.39 is 0 Å². The molecule has 3 aromatic heterocycles. The van der Waals surface area contributed by atoms with E-state index in [1.165, 1.54) is 11.1 Å². The maximum Gasteiger partial charge on any atom is 0.255 e. The van der Waals surface area contributed by atoms with Crippen molar-refractivity contribution < 1.29 is 4.79 Å². The van der Waals surface area contributed by atoms with E-state index in [-0.39, 0.29) is 5.91 Å². The lowest BCUT2D eigenvalue weighted by Gasteiger charge is -2.34. The van der Waals surface area contributed by atoms with Gasteiger partial charge in [0.05, 0.1) is 18.3 Å². The number of amides is 1. The molecular weight excluding hydrogens is 394 g/mol. The third kappa shape index (κ3) is 3.99. The predicted octanol–water partition coefficient (Wildman–Crippen LogP) is 3.50. The number of hydrogen-bond acceptors (Lipinski definition) is 5. The number of piperazine rings is 1. The minimum Gasteiger partial charge on any atom is -0.336 e. The monoisotopic (exact) mass is 417 g/mol. The van der Waals surface area contributed by atoms with Gasteiger partial charge in [0.25, 0.3) is 5.91 Å². The third-order valence-corrected chi connectivity index (χ3v) is 6.28. The lowest BCUT2D eigenvalue weighted by atomic mass is 10.2. The first-order chi connectivity index (χ1) is 14.8.